The van der Waals surface area contributed by atoms with Gasteiger partial charge in [0.2, 0.25) is 0 Å². The Morgan fingerprint density at radius 2 is 1.64 bits per heavy atom. The first-order chi connectivity index (χ1) is 20.8. The van der Waals surface area contributed by atoms with Crippen molar-refractivity contribution in [3.8, 4) is 0 Å². The van der Waals surface area contributed by atoms with Gasteiger partial charge in [0.15, 0.2) is 6.29 Å². The molecule has 0 aliphatic carbocycles. The first-order valence-electron chi connectivity index (χ1n) is 15.3. The number of carbonyl (C=O) groups is 1. The smallest absolute Gasteiger partial charge is 0.334 e. The third-order valence-electron chi connectivity index (χ3n) is 7.94. The molecular weight excluding hydrogens is 568 g/mol. The molecule has 0 aromatic heterocycles. The molecular formula is C34H54O10. The summed E-state index contributed by atoms with van der Waals surface area (Å²) in [6, 6.07) is 0. The van der Waals surface area contributed by atoms with E-state index < -0.39 is 61.1 Å². The Hall–Kier alpha value is -2.15. The molecule has 10 nitrogen and oxygen atoms in total. The van der Waals surface area contributed by atoms with Gasteiger partial charge in [-0.1, -0.05) is 54.0 Å². The van der Waals surface area contributed by atoms with Crippen molar-refractivity contribution in [3.63, 3.8) is 0 Å². The van der Waals surface area contributed by atoms with E-state index in [1.165, 1.54) is 21.3 Å². The van der Waals surface area contributed by atoms with E-state index >= 15 is 0 Å². The molecule has 2 heterocycles. The van der Waals surface area contributed by atoms with Gasteiger partial charge >= 0.3 is 5.97 Å². The van der Waals surface area contributed by atoms with Gasteiger partial charge < -0.3 is 43.7 Å². The second-order valence-electron chi connectivity index (χ2n) is 11.9. The molecule has 44 heavy (non-hydrogen) atoms. The second kappa shape index (κ2) is 18.7. The minimum Gasteiger partial charge on any atom is -0.456 e. The topological polar surface area (TPSA) is 133 Å². The van der Waals surface area contributed by atoms with Gasteiger partial charge in [-0.3, -0.25) is 0 Å². The molecule has 1 saturated heterocycles. The van der Waals surface area contributed by atoms with Crippen LogP contribution in [0, 0.1) is 5.92 Å². The Morgan fingerprint density at radius 3 is 2.27 bits per heavy atom. The van der Waals surface area contributed by atoms with Crippen LogP contribution < -0.4 is 0 Å². The maximum absolute atomic E-state index is 12.9. The van der Waals surface area contributed by atoms with Gasteiger partial charge in [-0.2, -0.15) is 0 Å². The standard InChI is InChI=1S/C34H54O10/c1-20-11-10-12-27(35)29(40-8)18-26(19-39-7)43-33(38)24(5)17-22(3)15-21(2)16-23(4)28(14-13-20)44-34-31(37)30(36)32(41-9)25(6)42-34/h11,13-17,23,25-32,34-37H,10,12,18-19H2,1-9H3/b14-13+,20-11+,21-16+,22-15+,24-17+/t23-,25+,26?,27+,28-,29+,30+,31+,32+,34+/m1/s1. The molecule has 2 aliphatic rings. The molecule has 0 bridgehead atoms. The van der Waals surface area contributed by atoms with E-state index in [-0.39, 0.29) is 18.9 Å². The van der Waals surface area contributed by atoms with E-state index in [0.29, 0.717) is 18.4 Å². The molecule has 10 atom stereocenters. The number of ether oxygens (including phenoxy) is 6. The maximum Gasteiger partial charge on any atom is 0.334 e. The zero-order valence-electron chi connectivity index (χ0n) is 27.8. The van der Waals surface area contributed by atoms with E-state index in [0.717, 1.165) is 16.7 Å². The quantitative estimate of drug-likeness (QED) is 0.374. The molecule has 250 valence electrons. The fraction of sp³-hybridized carbons (Fsp3) is 0.676. The van der Waals surface area contributed by atoms with Crippen molar-refractivity contribution in [1.29, 1.82) is 0 Å². The lowest BCUT2D eigenvalue weighted by molar-refractivity contribution is -0.305. The van der Waals surface area contributed by atoms with E-state index in [2.05, 4.69) is 0 Å². The van der Waals surface area contributed by atoms with E-state index in [4.69, 9.17) is 28.4 Å². The largest absolute Gasteiger partial charge is 0.456 e. The van der Waals surface area contributed by atoms with E-state index in [9.17, 15) is 20.1 Å². The summed E-state index contributed by atoms with van der Waals surface area (Å²) in [4.78, 5) is 12.9. The van der Waals surface area contributed by atoms with Crippen molar-refractivity contribution in [2.24, 2.45) is 5.92 Å². The highest BCUT2D eigenvalue weighted by atomic mass is 16.7. The predicted octanol–water partition coefficient (Wildman–Crippen LogP) is 3.95. The van der Waals surface area contributed by atoms with Gasteiger partial charge in [-0.05, 0) is 53.5 Å². The molecule has 0 amide bonds. The van der Waals surface area contributed by atoms with Gasteiger partial charge in [-0.15, -0.1) is 0 Å². The van der Waals surface area contributed by atoms with Crippen LogP contribution in [0.3, 0.4) is 0 Å². The van der Waals surface area contributed by atoms with Crippen molar-refractivity contribution >= 4 is 5.97 Å². The highest BCUT2D eigenvalue weighted by Gasteiger charge is 2.44. The lowest BCUT2D eigenvalue weighted by Crippen LogP contribution is -2.58. The number of hydrogen-bond donors (Lipinski definition) is 3. The Morgan fingerprint density at radius 1 is 0.932 bits per heavy atom. The molecule has 0 aromatic carbocycles. The first-order valence-corrected chi connectivity index (χ1v) is 15.3. The normalized spacial score (nSPS) is 41.0. The number of methoxy groups -OCH3 is 3. The number of cyclic esters (lactones) is 1. The highest BCUT2D eigenvalue weighted by molar-refractivity contribution is 5.88. The Kier molecular flexibility index (Phi) is 16.2. The molecule has 1 unspecified atom stereocenters. The first kappa shape index (κ1) is 38.0. The number of aliphatic hydroxyl groups is 3. The van der Waals surface area contributed by atoms with E-state index in [1.54, 1.807) is 19.9 Å². The van der Waals surface area contributed by atoms with Gasteiger partial charge in [0.25, 0.3) is 0 Å². The molecule has 0 radical (unpaired) electrons. The number of rotatable bonds is 6. The number of aliphatic hydroxyl groups excluding tert-OH is 3. The summed E-state index contributed by atoms with van der Waals surface area (Å²) >= 11 is 0. The number of carbonyl (C=O) groups excluding carboxylic acids is 1. The molecule has 3 N–H and O–H groups in total. The number of allylic oxidation sites excluding steroid dienone is 7. The van der Waals surface area contributed by atoms with E-state index in [1.807, 2.05) is 58.1 Å². The van der Waals surface area contributed by atoms with Crippen LogP contribution >= 0.6 is 0 Å². The minimum absolute atomic E-state index is 0.161. The highest BCUT2D eigenvalue weighted by Crippen LogP contribution is 2.27. The average Bonchev–Trinajstić information content (AvgIpc) is 2.95. The summed E-state index contributed by atoms with van der Waals surface area (Å²) in [5, 5.41) is 32.3. The summed E-state index contributed by atoms with van der Waals surface area (Å²) in [6.07, 6.45) is 5.82. The van der Waals surface area contributed by atoms with Crippen molar-refractivity contribution in [2.75, 3.05) is 27.9 Å². The van der Waals surface area contributed by atoms with Crippen LogP contribution in [0.2, 0.25) is 0 Å². The number of esters is 1. The molecule has 0 saturated carbocycles. The zero-order chi connectivity index (χ0) is 33.0. The van der Waals surface area contributed by atoms with Crippen LogP contribution in [0.15, 0.2) is 58.7 Å². The van der Waals surface area contributed by atoms with Crippen LogP contribution in [-0.2, 0) is 33.2 Å². The molecule has 2 rings (SSSR count). The molecule has 10 heteroatoms. The summed E-state index contributed by atoms with van der Waals surface area (Å²) in [6.45, 7) is 11.5. The van der Waals surface area contributed by atoms with Crippen molar-refractivity contribution in [2.45, 2.75) is 116 Å². The summed E-state index contributed by atoms with van der Waals surface area (Å²) in [7, 11) is 4.53. The van der Waals surface area contributed by atoms with Crippen LogP contribution in [0.4, 0.5) is 0 Å². The fourth-order valence-corrected chi connectivity index (χ4v) is 5.54. The van der Waals surface area contributed by atoms with Gasteiger partial charge in [-0.25, -0.2) is 4.79 Å². The minimum atomic E-state index is -1.30. The third-order valence-corrected chi connectivity index (χ3v) is 7.94. The fourth-order valence-electron chi connectivity index (χ4n) is 5.54. The van der Waals surface area contributed by atoms with Crippen molar-refractivity contribution < 1.29 is 48.5 Å². The summed E-state index contributed by atoms with van der Waals surface area (Å²) < 4.78 is 34.1. The molecule has 0 aromatic rings. The van der Waals surface area contributed by atoms with Gasteiger partial charge in [0.05, 0.1) is 31.0 Å². The van der Waals surface area contributed by atoms with Gasteiger partial charge in [0, 0.05) is 39.2 Å². The Bertz CT molecular complexity index is 1060. The Labute approximate surface area is 263 Å². The lowest BCUT2D eigenvalue weighted by atomic mass is 9.97. The SMILES string of the molecule is COCC1C[C@H](OC)[C@@H](O)CC/C=C(C)/C=C/[C@@H](O[C@@H]2O[C@@H](C)[C@H](OC)[C@@H](O)[C@@H]2O)[C@H](C)/C=C(C)/C=C(C)/C=C(\C)C(=O)O1. The van der Waals surface area contributed by atoms with Crippen LogP contribution in [0.1, 0.15) is 60.8 Å². The summed E-state index contributed by atoms with van der Waals surface area (Å²) in [5.74, 6) is -0.630. The Balaban J connectivity index is 2.44. The van der Waals surface area contributed by atoms with Crippen molar-refractivity contribution in [1.82, 2.24) is 0 Å². The van der Waals surface area contributed by atoms with Gasteiger partial charge in [0.1, 0.15) is 24.4 Å². The van der Waals surface area contributed by atoms with Crippen molar-refractivity contribution in [3.05, 3.63) is 58.7 Å². The molecule has 0 spiro atoms. The van der Waals surface area contributed by atoms with Crippen LogP contribution in [-0.4, -0.2) is 104 Å². The lowest BCUT2D eigenvalue weighted by Gasteiger charge is -2.41. The predicted molar refractivity (Wildman–Crippen MR) is 168 cm³/mol. The number of hydrogen-bond acceptors (Lipinski definition) is 10. The third kappa shape index (κ3) is 11.7. The second-order valence-corrected chi connectivity index (χ2v) is 11.9. The van der Waals surface area contributed by atoms with Crippen LogP contribution in [0.25, 0.3) is 0 Å². The van der Waals surface area contributed by atoms with Crippen LogP contribution in [0.5, 0.6) is 0 Å². The average molecular weight is 623 g/mol. The molecule has 1 fully saturated rings. The summed E-state index contributed by atoms with van der Waals surface area (Å²) in [5.41, 5.74) is 3.19. The molecule has 2 aliphatic heterocycles. The maximum atomic E-state index is 12.9. The zero-order valence-corrected chi connectivity index (χ0v) is 27.8. The monoisotopic (exact) mass is 622 g/mol.